The van der Waals surface area contributed by atoms with Gasteiger partial charge in [-0.05, 0) is 32.4 Å². The van der Waals surface area contributed by atoms with Gasteiger partial charge in [0.1, 0.15) is 5.52 Å². The van der Waals surface area contributed by atoms with Crippen LogP contribution in [-0.4, -0.2) is 38.6 Å². The second kappa shape index (κ2) is 4.11. The van der Waals surface area contributed by atoms with E-state index < -0.39 is 0 Å². The van der Waals surface area contributed by atoms with E-state index in [1.54, 1.807) is 0 Å². The van der Waals surface area contributed by atoms with E-state index in [0.717, 1.165) is 17.7 Å². The lowest BCUT2D eigenvalue weighted by Gasteiger charge is -2.20. The topological polar surface area (TPSA) is 34.0 Å². The number of aromatic nitrogens is 3. The molecule has 1 atom stereocenters. The molecule has 0 N–H and O–H groups in total. The van der Waals surface area contributed by atoms with E-state index in [0.29, 0.717) is 12.1 Å². The van der Waals surface area contributed by atoms with E-state index >= 15 is 0 Å². The Balaban J connectivity index is 1.90. The van der Waals surface area contributed by atoms with Crippen molar-refractivity contribution in [3.63, 3.8) is 0 Å². The van der Waals surface area contributed by atoms with Crippen molar-refractivity contribution in [3.05, 3.63) is 24.7 Å². The average Bonchev–Trinajstić information content (AvgIpc) is 2.95. The third-order valence-electron chi connectivity index (χ3n) is 3.65. The smallest absolute Gasteiger partial charge is 0.160 e. The van der Waals surface area contributed by atoms with Crippen molar-refractivity contribution in [1.82, 2.24) is 19.4 Å². The molecule has 0 aliphatic carbocycles. The summed E-state index contributed by atoms with van der Waals surface area (Å²) in [4.78, 5) is 11.4. The molecule has 1 unspecified atom stereocenters. The quantitative estimate of drug-likeness (QED) is 0.792. The first-order valence-electron chi connectivity index (χ1n) is 6.27. The average molecular weight is 230 g/mol. The molecule has 90 valence electrons. The first kappa shape index (κ1) is 10.7. The molecular formula is C13H18N4. The van der Waals surface area contributed by atoms with Crippen LogP contribution in [0.1, 0.15) is 26.3 Å². The highest BCUT2D eigenvalue weighted by Crippen LogP contribution is 2.25. The van der Waals surface area contributed by atoms with Gasteiger partial charge in [0.2, 0.25) is 0 Å². The first-order chi connectivity index (χ1) is 8.25. The number of imidazole rings is 1. The van der Waals surface area contributed by atoms with Gasteiger partial charge in [0, 0.05) is 25.3 Å². The first-order valence-corrected chi connectivity index (χ1v) is 6.27. The lowest BCUT2D eigenvalue weighted by atomic mass is 10.2. The molecule has 17 heavy (non-hydrogen) atoms. The number of rotatable bonds is 2. The number of hydrogen-bond donors (Lipinski definition) is 0. The monoisotopic (exact) mass is 230 g/mol. The molecule has 1 aliphatic heterocycles. The highest BCUT2D eigenvalue weighted by atomic mass is 15.2. The van der Waals surface area contributed by atoms with Gasteiger partial charge >= 0.3 is 0 Å². The third kappa shape index (κ3) is 1.82. The Bertz CT molecular complexity index is 517. The molecule has 0 bridgehead atoms. The van der Waals surface area contributed by atoms with Gasteiger partial charge in [-0.25, -0.2) is 9.97 Å². The standard InChI is InChI=1S/C13H18N4/c1-10(2)16-7-5-11(8-16)17-9-15-12-4-3-6-14-13(12)17/h3-4,6,9-11H,5,7-8H2,1-2H3. The zero-order chi connectivity index (χ0) is 11.8. The summed E-state index contributed by atoms with van der Waals surface area (Å²) in [6, 6.07) is 5.11. The highest BCUT2D eigenvalue weighted by Gasteiger charge is 2.26. The van der Waals surface area contributed by atoms with Gasteiger partial charge in [-0.2, -0.15) is 0 Å². The van der Waals surface area contributed by atoms with Gasteiger partial charge in [0.15, 0.2) is 5.65 Å². The maximum Gasteiger partial charge on any atom is 0.160 e. The Labute approximate surface area is 101 Å². The summed E-state index contributed by atoms with van der Waals surface area (Å²) in [7, 11) is 0. The van der Waals surface area contributed by atoms with E-state index in [2.05, 4.69) is 33.3 Å². The SMILES string of the molecule is CC(C)N1CCC(n2cnc3cccnc32)C1. The van der Waals surface area contributed by atoms with Crippen LogP contribution in [0.3, 0.4) is 0 Å². The fraction of sp³-hybridized carbons (Fsp3) is 0.538. The minimum Gasteiger partial charge on any atom is -0.311 e. The van der Waals surface area contributed by atoms with Crippen molar-refractivity contribution in [2.75, 3.05) is 13.1 Å². The molecule has 4 nitrogen and oxygen atoms in total. The summed E-state index contributed by atoms with van der Waals surface area (Å²) in [5.74, 6) is 0. The molecule has 3 heterocycles. The largest absolute Gasteiger partial charge is 0.311 e. The minimum absolute atomic E-state index is 0.525. The molecule has 2 aromatic heterocycles. The molecule has 0 saturated carbocycles. The lowest BCUT2D eigenvalue weighted by Crippen LogP contribution is -2.28. The molecule has 3 rings (SSSR count). The number of hydrogen-bond acceptors (Lipinski definition) is 3. The van der Waals surface area contributed by atoms with Crippen LogP contribution in [0.4, 0.5) is 0 Å². The molecule has 0 spiro atoms. The van der Waals surface area contributed by atoms with Crippen LogP contribution in [0.15, 0.2) is 24.7 Å². The van der Waals surface area contributed by atoms with Crippen molar-refractivity contribution in [2.24, 2.45) is 0 Å². The van der Waals surface area contributed by atoms with Crippen molar-refractivity contribution < 1.29 is 0 Å². The molecular weight excluding hydrogens is 212 g/mol. The molecule has 1 fully saturated rings. The Kier molecular flexibility index (Phi) is 2.59. The van der Waals surface area contributed by atoms with E-state index in [-0.39, 0.29) is 0 Å². The van der Waals surface area contributed by atoms with Crippen LogP contribution in [-0.2, 0) is 0 Å². The summed E-state index contributed by atoms with van der Waals surface area (Å²) >= 11 is 0. The fourth-order valence-electron chi connectivity index (χ4n) is 2.60. The molecule has 2 aromatic rings. The van der Waals surface area contributed by atoms with Gasteiger partial charge in [-0.15, -0.1) is 0 Å². The number of likely N-dealkylation sites (tertiary alicyclic amines) is 1. The molecule has 1 aliphatic rings. The van der Waals surface area contributed by atoms with E-state index in [1.807, 2.05) is 24.7 Å². The molecule has 0 radical (unpaired) electrons. The maximum atomic E-state index is 4.44. The summed E-state index contributed by atoms with van der Waals surface area (Å²) in [5, 5.41) is 0. The zero-order valence-corrected chi connectivity index (χ0v) is 10.4. The van der Waals surface area contributed by atoms with E-state index in [1.165, 1.54) is 13.0 Å². The molecule has 1 saturated heterocycles. The summed E-state index contributed by atoms with van der Waals surface area (Å²) in [6.07, 6.45) is 4.97. The van der Waals surface area contributed by atoms with E-state index in [4.69, 9.17) is 0 Å². The Morgan fingerprint density at radius 1 is 1.35 bits per heavy atom. The van der Waals surface area contributed by atoms with Gasteiger partial charge in [-0.1, -0.05) is 0 Å². The summed E-state index contributed by atoms with van der Waals surface area (Å²) < 4.78 is 2.23. The molecule has 4 heteroatoms. The van der Waals surface area contributed by atoms with Crippen LogP contribution in [0.5, 0.6) is 0 Å². The van der Waals surface area contributed by atoms with Crippen molar-refractivity contribution in [3.8, 4) is 0 Å². The van der Waals surface area contributed by atoms with Crippen LogP contribution in [0, 0.1) is 0 Å². The fourth-order valence-corrected chi connectivity index (χ4v) is 2.60. The lowest BCUT2D eigenvalue weighted by molar-refractivity contribution is 0.266. The summed E-state index contributed by atoms with van der Waals surface area (Å²) in [5.41, 5.74) is 2.01. The second-order valence-electron chi connectivity index (χ2n) is 5.03. The Morgan fingerprint density at radius 2 is 2.24 bits per heavy atom. The minimum atomic E-state index is 0.525. The van der Waals surface area contributed by atoms with Gasteiger partial charge in [0.05, 0.1) is 12.4 Å². The molecule has 0 amide bonds. The third-order valence-corrected chi connectivity index (χ3v) is 3.65. The van der Waals surface area contributed by atoms with Crippen molar-refractivity contribution in [2.45, 2.75) is 32.4 Å². The highest BCUT2D eigenvalue weighted by molar-refractivity contribution is 5.70. The predicted octanol–water partition coefficient (Wildman–Crippen LogP) is 2.09. The Hall–Kier alpha value is -1.42. The normalized spacial score (nSPS) is 21.7. The van der Waals surface area contributed by atoms with Crippen LogP contribution in [0.25, 0.3) is 11.2 Å². The van der Waals surface area contributed by atoms with Crippen LogP contribution >= 0.6 is 0 Å². The van der Waals surface area contributed by atoms with Gasteiger partial charge in [0.25, 0.3) is 0 Å². The van der Waals surface area contributed by atoms with Crippen molar-refractivity contribution >= 4 is 11.2 Å². The number of fused-ring (bicyclic) bond motifs is 1. The summed E-state index contributed by atoms with van der Waals surface area (Å²) in [6.45, 7) is 6.80. The zero-order valence-electron chi connectivity index (χ0n) is 10.4. The second-order valence-corrected chi connectivity index (χ2v) is 5.03. The number of pyridine rings is 1. The Morgan fingerprint density at radius 3 is 3.00 bits per heavy atom. The number of nitrogens with zero attached hydrogens (tertiary/aromatic N) is 4. The molecule has 0 aromatic carbocycles. The van der Waals surface area contributed by atoms with Crippen LogP contribution < -0.4 is 0 Å². The van der Waals surface area contributed by atoms with Crippen LogP contribution in [0.2, 0.25) is 0 Å². The maximum absolute atomic E-state index is 4.44. The van der Waals surface area contributed by atoms with E-state index in [9.17, 15) is 0 Å². The van der Waals surface area contributed by atoms with Crippen molar-refractivity contribution in [1.29, 1.82) is 0 Å². The van der Waals surface area contributed by atoms with Gasteiger partial charge < -0.3 is 4.57 Å². The predicted molar refractivity (Wildman–Crippen MR) is 67.9 cm³/mol. The van der Waals surface area contributed by atoms with Gasteiger partial charge in [-0.3, -0.25) is 4.90 Å².